The summed E-state index contributed by atoms with van der Waals surface area (Å²) in [6.45, 7) is 2.09. The summed E-state index contributed by atoms with van der Waals surface area (Å²) in [7, 11) is 0. The Bertz CT molecular complexity index is 497. The molecule has 1 saturated heterocycles. The molecule has 1 atom stereocenters. The van der Waals surface area contributed by atoms with Gasteiger partial charge in [0.2, 0.25) is 0 Å². The predicted octanol–water partition coefficient (Wildman–Crippen LogP) is 3.73. The first-order valence-electron chi connectivity index (χ1n) is 6.93. The van der Waals surface area contributed by atoms with Gasteiger partial charge in [-0.1, -0.05) is 36.4 Å². The normalized spacial score (nSPS) is 19.2. The van der Waals surface area contributed by atoms with E-state index < -0.39 is 0 Å². The number of rotatable bonds is 3. The third kappa shape index (κ3) is 3.08. The minimum absolute atomic E-state index is 0.288. The van der Waals surface area contributed by atoms with Crippen LogP contribution >= 0.6 is 0 Å². The molecule has 0 bridgehead atoms. The van der Waals surface area contributed by atoms with Crippen molar-refractivity contribution < 1.29 is 4.74 Å². The summed E-state index contributed by atoms with van der Waals surface area (Å²) >= 11 is 0. The second-order valence-electron chi connectivity index (χ2n) is 4.98. The number of benzene rings is 2. The molecule has 2 aromatic carbocycles. The molecule has 19 heavy (non-hydrogen) atoms. The van der Waals surface area contributed by atoms with Crippen molar-refractivity contribution in [3.05, 3.63) is 60.7 Å². The summed E-state index contributed by atoms with van der Waals surface area (Å²) in [5.41, 5.74) is 1.30. The summed E-state index contributed by atoms with van der Waals surface area (Å²) in [5.74, 6) is 0.974. The smallest absolute Gasteiger partial charge is 0.119 e. The van der Waals surface area contributed by atoms with Gasteiger partial charge in [0.15, 0.2) is 0 Å². The molecular formula is C17H19NO. The Labute approximate surface area is 114 Å². The summed E-state index contributed by atoms with van der Waals surface area (Å²) in [4.78, 5) is 2.41. The van der Waals surface area contributed by atoms with E-state index in [0.29, 0.717) is 0 Å². The third-order valence-corrected chi connectivity index (χ3v) is 3.55. The van der Waals surface area contributed by atoms with Crippen molar-refractivity contribution in [2.45, 2.75) is 18.9 Å². The fourth-order valence-corrected chi connectivity index (χ4v) is 2.60. The van der Waals surface area contributed by atoms with Gasteiger partial charge in [-0.3, -0.25) is 0 Å². The molecule has 0 spiro atoms. The molecule has 0 aromatic heterocycles. The van der Waals surface area contributed by atoms with Crippen molar-refractivity contribution in [2.75, 3.05) is 18.0 Å². The molecule has 0 N–H and O–H groups in total. The van der Waals surface area contributed by atoms with E-state index in [0.717, 1.165) is 25.3 Å². The largest absolute Gasteiger partial charge is 0.489 e. The van der Waals surface area contributed by atoms with Crippen molar-refractivity contribution in [1.29, 1.82) is 0 Å². The Balaban J connectivity index is 1.65. The van der Waals surface area contributed by atoms with Crippen molar-refractivity contribution in [3.63, 3.8) is 0 Å². The first-order chi connectivity index (χ1) is 9.42. The molecular weight excluding hydrogens is 234 g/mol. The SMILES string of the molecule is c1ccc(OC2CCCN(c3ccccc3)C2)cc1. The molecule has 0 radical (unpaired) electrons. The molecule has 0 amide bonds. The van der Waals surface area contributed by atoms with Crippen molar-refractivity contribution in [3.8, 4) is 5.75 Å². The molecule has 2 aromatic rings. The average Bonchev–Trinajstić information content (AvgIpc) is 2.49. The Morgan fingerprint density at radius 2 is 1.58 bits per heavy atom. The van der Waals surface area contributed by atoms with E-state index in [-0.39, 0.29) is 6.10 Å². The lowest BCUT2D eigenvalue weighted by atomic mass is 10.1. The summed E-state index contributed by atoms with van der Waals surface area (Å²) in [6, 6.07) is 20.7. The number of ether oxygens (including phenoxy) is 1. The second kappa shape index (κ2) is 5.79. The Kier molecular flexibility index (Phi) is 3.68. The van der Waals surface area contributed by atoms with Gasteiger partial charge >= 0.3 is 0 Å². The maximum absolute atomic E-state index is 6.07. The number of para-hydroxylation sites is 2. The van der Waals surface area contributed by atoms with Crippen LogP contribution < -0.4 is 9.64 Å². The van der Waals surface area contributed by atoms with Crippen LogP contribution in [0.5, 0.6) is 5.75 Å². The van der Waals surface area contributed by atoms with E-state index in [4.69, 9.17) is 4.74 Å². The summed E-state index contributed by atoms with van der Waals surface area (Å²) in [6.07, 6.45) is 2.61. The molecule has 1 aliphatic heterocycles. The highest BCUT2D eigenvalue weighted by Crippen LogP contribution is 2.22. The minimum atomic E-state index is 0.288. The topological polar surface area (TPSA) is 12.5 Å². The van der Waals surface area contributed by atoms with Gasteiger partial charge in [-0.25, -0.2) is 0 Å². The number of piperidine rings is 1. The molecule has 1 heterocycles. The number of anilines is 1. The Morgan fingerprint density at radius 1 is 0.895 bits per heavy atom. The molecule has 3 rings (SSSR count). The van der Waals surface area contributed by atoms with Gasteiger partial charge in [0.05, 0.1) is 6.54 Å². The summed E-state index contributed by atoms with van der Waals surface area (Å²) in [5, 5.41) is 0. The van der Waals surface area contributed by atoms with Gasteiger partial charge in [-0.15, -0.1) is 0 Å². The molecule has 2 nitrogen and oxygen atoms in total. The second-order valence-corrected chi connectivity index (χ2v) is 4.98. The molecule has 2 heteroatoms. The molecule has 0 saturated carbocycles. The van der Waals surface area contributed by atoms with Gasteiger partial charge in [-0.05, 0) is 37.1 Å². The van der Waals surface area contributed by atoms with Crippen LogP contribution in [0.15, 0.2) is 60.7 Å². The van der Waals surface area contributed by atoms with Gasteiger partial charge in [-0.2, -0.15) is 0 Å². The number of nitrogens with zero attached hydrogens (tertiary/aromatic N) is 1. The van der Waals surface area contributed by atoms with E-state index in [9.17, 15) is 0 Å². The minimum Gasteiger partial charge on any atom is -0.489 e. The zero-order valence-corrected chi connectivity index (χ0v) is 11.0. The zero-order valence-electron chi connectivity index (χ0n) is 11.0. The Hall–Kier alpha value is -1.96. The highest BCUT2D eigenvalue weighted by molar-refractivity contribution is 5.46. The fourth-order valence-electron chi connectivity index (χ4n) is 2.60. The third-order valence-electron chi connectivity index (χ3n) is 3.55. The maximum atomic E-state index is 6.07. The van der Waals surface area contributed by atoms with Gasteiger partial charge < -0.3 is 9.64 Å². The van der Waals surface area contributed by atoms with Crippen LogP contribution in [0.2, 0.25) is 0 Å². The lowest BCUT2D eigenvalue weighted by Gasteiger charge is -2.34. The molecule has 1 aliphatic rings. The van der Waals surface area contributed by atoms with Gasteiger partial charge in [0.25, 0.3) is 0 Å². The van der Waals surface area contributed by atoms with Crippen LogP contribution in [0.25, 0.3) is 0 Å². The van der Waals surface area contributed by atoms with Crippen LogP contribution in [0, 0.1) is 0 Å². The molecule has 98 valence electrons. The maximum Gasteiger partial charge on any atom is 0.119 e. The molecule has 1 unspecified atom stereocenters. The van der Waals surface area contributed by atoms with E-state index in [1.807, 2.05) is 30.3 Å². The standard InChI is InChI=1S/C17H19NO/c1-3-8-15(9-4-1)18-13-7-12-17(14-18)19-16-10-5-2-6-11-16/h1-6,8-11,17H,7,12-14H2. The van der Waals surface area contributed by atoms with Crippen molar-refractivity contribution >= 4 is 5.69 Å². The van der Waals surface area contributed by atoms with Crippen molar-refractivity contribution in [1.82, 2.24) is 0 Å². The molecule has 1 fully saturated rings. The van der Waals surface area contributed by atoms with Crippen LogP contribution in [-0.2, 0) is 0 Å². The highest BCUT2D eigenvalue weighted by atomic mass is 16.5. The first kappa shape index (κ1) is 12.1. The van der Waals surface area contributed by atoms with Crippen LogP contribution in [0.3, 0.4) is 0 Å². The van der Waals surface area contributed by atoms with Gasteiger partial charge in [0, 0.05) is 12.2 Å². The highest BCUT2D eigenvalue weighted by Gasteiger charge is 2.21. The first-order valence-corrected chi connectivity index (χ1v) is 6.93. The number of hydrogen-bond acceptors (Lipinski definition) is 2. The number of hydrogen-bond donors (Lipinski definition) is 0. The lowest BCUT2D eigenvalue weighted by molar-refractivity contribution is 0.179. The monoisotopic (exact) mass is 253 g/mol. The average molecular weight is 253 g/mol. The van der Waals surface area contributed by atoms with Gasteiger partial charge in [0.1, 0.15) is 11.9 Å². The predicted molar refractivity (Wildman–Crippen MR) is 78.7 cm³/mol. The van der Waals surface area contributed by atoms with Crippen LogP contribution in [-0.4, -0.2) is 19.2 Å². The van der Waals surface area contributed by atoms with Crippen LogP contribution in [0.1, 0.15) is 12.8 Å². The fraction of sp³-hybridized carbons (Fsp3) is 0.294. The summed E-state index contributed by atoms with van der Waals surface area (Å²) < 4.78 is 6.07. The van der Waals surface area contributed by atoms with Crippen LogP contribution in [0.4, 0.5) is 5.69 Å². The quantitative estimate of drug-likeness (QED) is 0.826. The van der Waals surface area contributed by atoms with E-state index in [2.05, 4.69) is 35.2 Å². The Morgan fingerprint density at radius 3 is 2.32 bits per heavy atom. The van der Waals surface area contributed by atoms with E-state index >= 15 is 0 Å². The van der Waals surface area contributed by atoms with E-state index in [1.54, 1.807) is 0 Å². The van der Waals surface area contributed by atoms with Crippen molar-refractivity contribution in [2.24, 2.45) is 0 Å². The molecule has 0 aliphatic carbocycles. The lowest BCUT2D eigenvalue weighted by Crippen LogP contribution is -2.41. The zero-order chi connectivity index (χ0) is 12.9. The van der Waals surface area contributed by atoms with E-state index in [1.165, 1.54) is 12.1 Å².